The molecule has 7 heteroatoms. The number of hydrogen-bond acceptors (Lipinski definition) is 5. The average Bonchev–Trinajstić information content (AvgIpc) is 0.809. The lowest BCUT2D eigenvalue weighted by Gasteiger charge is -2.13. The molecule has 0 radical (unpaired) electrons. The molecule has 12 aromatic rings. The van der Waals surface area contributed by atoms with Crippen LogP contribution in [0.5, 0.6) is 11.5 Å². The zero-order valence-electron chi connectivity index (χ0n) is 62.2. The van der Waals surface area contributed by atoms with E-state index in [0.717, 1.165) is 56.0 Å². The molecule has 0 bridgehead atoms. The van der Waals surface area contributed by atoms with Crippen LogP contribution < -0.4 is 4.74 Å². The summed E-state index contributed by atoms with van der Waals surface area (Å²) < 4.78 is 56.7. The molecule has 0 heterocycles. The molecule has 0 saturated heterocycles. The number of sulfone groups is 2. The molecule has 0 amide bonds. The van der Waals surface area contributed by atoms with Crippen molar-refractivity contribution in [1.29, 1.82) is 0 Å². The van der Waals surface area contributed by atoms with Gasteiger partial charge < -0.3 is 4.74 Å². The highest BCUT2D eigenvalue weighted by molar-refractivity contribution is 7.91. The molecular weight excluding hydrogens is 1230 g/mol. The predicted octanol–water partition coefficient (Wildman–Crippen LogP) is 24.4. The molecule has 504 valence electrons. The van der Waals surface area contributed by atoms with Crippen LogP contribution in [-0.4, -0.2) is 16.8 Å². The van der Waals surface area contributed by atoms with Gasteiger partial charge >= 0.3 is 0 Å². The molecule has 0 N–H and O–H groups in total. The van der Waals surface area contributed by atoms with E-state index in [0.29, 0.717) is 19.6 Å². The standard InChI is InChI=1S/2C16H18O2S.C16H18O.3C14H16/c1-11-5-7-15(9-13(11)3)19(17,18)16-8-6-12(2)14(4)10-16;1-11-7-5-9-15(13(11)3)19(17,18)16-10-6-8-12(2)14(16)4;1-11-7-5-9-15(13(11)3)17-16-10-6-8-12(2)14(16)4;1-9-5-13-7-11(3)12(4)8-14(13)6-10(9)2;1-9-5-7-14-12(4)10(2)6-8-13(14)11(9)3;1-9-5-6-11(3)14-12(4)8-7-10(2)13(9)14/h2*5-10H,1-4H3;5-10H,1-4H3;3*5-8H,1-4H3. The lowest BCUT2D eigenvalue weighted by atomic mass is 9.94. The molecule has 97 heavy (non-hydrogen) atoms. The Hall–Kier alpha value is -8.88. The van der Waals surface area contributed by atoms with E-state index in [4.69, 9.17) is 4.74 Å². The smallest absolute Gasteiger partial charge is 0.207 e. The molecule has 0 spiro atoms. The SMILES string of the molecule is Cc1cc2cc(C)c(C)cc2cc1C.Cc1ccc(C)c2c(C)ccc(C)c12.Cc1ccc(S(=O)(=O)c2ccc(C)c(C)c2)cc1C.Cc1ccc2c(C)c(C)ccc2c1C.Cc1cccc(Oc2cccc(C)c2C)c1C.Cc1cccc(S(=O)(=O)c2cccc(C)c2C)c1C. The molecule has 0 aliphatic carbocycles. The molecule has 12 rings (SSSR count). The molecule has 12 aromatic carbocycles. The topological polar surface area (TPSA) is 77.5 Å². The Kier molecular flexibility index (Phi) is 24.9. The van der Waals surface area contributed by atoms with Crippen molar-refractivity contribution in [3.05, 3.63) is 316 Å². The van der Waals surface area contributed by atoms with Crippen molar-refractivity contribution in [3.63, 3.8) is 0 Å². The monoisotopic (exact) mass is 1330 g/mol. The maximum Gasteiger partial charge on any atom is 0.207 e. The average molecular weight is 1330 g/mol. The molecule has 0 aromatic heterocycles. The quantitative estimate of drug-likeness (QED) is 0.166. The Morgan fingerprint density at radius 1 is 0.216 bits per heavy atom. The van der Waals surface area contributed by atoms with Crippen molar-refractivity contribution in [2.24, 2.45) is 0 Å². The van der Waals surface area contributed by atoms with Crippen LogP contribution in [0, 0.1) is 166 Å². The molecule has 0 fully saturated rings. The van der Waals surface area contributed by atoms with Gasteiger partial charge in [0.25, 0.3) is 0 Å². The highest BCUT2D eigenvalue weighted by Gasteiger charge is 2.23. The third-order valence-corrected chi connectivity index (χ3v) is 23.7. The number of hydrogen-bond donors (Lipinski definition) is 0. The van der Waals surface area contributed by atoms with Crippen molar-refractivity contribution in [2.45, 2.75) is 186 Å². The van der Waals surface area contributed by atoms with Crippen LogP contribution in [0.3, 0.4) is 0 Å². The van der Waals surface area contributed by atoms with Gasteiger partial charge in [-0.2, -0.15) is 0 Å². The Morgan fingerprint density at radius 2 is 0.474 bits per heavy atom. The molecule has 0 saturated carbocycles. The van der Waals surface area contributed by atoms with E-state index >= 15 is 0 Å². The Balaban J connectivity index is 0.000000165. The number of aryl methyl sites for hydroxylation is 20. The minimum atomic E-state index is -3.45. The molecule has 0 aliphatic heterocycles. The fourth-order valence-electron chi connectivity index (χ4n) is 11.8. The number of fused-ring (bicyclic) bond motifs is 3. The maximum atomic E-state index is 12.8. The van der Waals surface area contributed by atoms with Crippen molar-refractivity contribution >= 4 is 52.0 Å². The van der Waals surface area contributed by atoms with Gasteiger partial charge in [0.15, 0.2) is 0 Å². The second-order valence-electron chi connectivity index (χ2n) is 26.9. The van der Waals surface area contributed by atoms with Gasteiger partial charge in [-0.3, -0.25) is 0 Å². The van der Waals surface area contributed by atoms with Crippen molar-refractivity contribution in [2.75, 3.05) is 0 Å². The van der Waals surface area contributed by atoms with Gasteiger partial charge in [0.05, 0.1) is 19.6 Å². The van der Waals surface area contributed by atoms with Crippen LogP contribution >= 0.6 is 0 Å². The largest absolute Gasteiger partial charge is 0.457 e. The second kappa shape index (κ2) is 32.0. The second-order valence-corrected chi connectivity index (χ2v) is 30.7. The van der Waals surface area contributed by atoms with Crippen LogP contribution in [0.1, 0.15) is 134 Å². The third kappa shape index (κ3) is 17.6. The predicted molar refractivity (Wildman–Crippen MR) is 415 cm³/mol. The molecule has 0 atom stereocenters. The third-order valence-electron chi connectivity index (χ3n) is 19.9. The molecular formula is C90H102O5S2. The first-order valence-corrected chi connectivity index (χ1v) is 36.5. The van der Waals surface area contributed by atoms with E-state index in [9.17, 15) is 16.8 Å². The lowest BCUT2D eigenvalue weighted by molar-refractivity contribution is 0.474. The van der Waals surface area contributed by atoms with Crippen molar-refractivity contribution in [1.82, 2.24) is 0 Å². The minimum Gasteiger partial charge on any atom is -0.457 e. The summed E-state index contributed by atoms with van der Waals surface area (Å²) in [6.07, 6.45) is 0. The summed E-state index contributed by atoms with van der Waals surface area (Å²) >= 11 is 0. The molecule has 0 unspecified atom stereocenters. The van der Waals surface area contributed by atoms with Crippen LogP contribution in [0.2, 0.25) is 0 Å². The van der Waals surface area contributed by atoms with Gasteiger partial charge in [0, 0.05) is 0 Å². The van der Waals surface area contributed by atoms with E-state index < -0.39 is 19.7 Å². The Labute approximate surface area is 582 Å². The number of rotatable bonds is 6. The van der Waals surface area contributed by atoms with E-state index in [1.54, 1.807) is 48.5 Å². The van der Waals surface area contributed by atoms with Crippen LogP contribution in [0.4, 0.5) is 0 Å². The summed E-state index contributed by atoms with van der Waals surface area (Å²) in [4.78, 5) is 1.53. The van der Waals surface area contributed by atoms with E-state index in [1.165, 1.54) is 121 Å². The summed E-state index contributed by atoms with van der Waals surface area (Å²) in [5, 5.41) is 8.38. The van der Waals surface area contributed by atoms with Gasteiger partial charge in [-0.15, -0.1) is 0 Å². The molecule has 5 nitrogen and oxygen atoms in total. The maximum absolute atomic E-state index is 12.8. The summed E-state index contributed by atoms with van der Waals surface area (Å²) in [6.45, 7) is 49.9. The van der Waals surface area contributed by atoms with Crippen molar-refractivity contribution < 1.29 is 21.6 Å². The van der Waals surface area contributed by atoms with Gasteiger partial charge in [-0.25, -0.2) is 16.8 Å². The van der Waals surface area contributed by atoms with E-state index in [-0.39, 0.29) is 0 Å². The van der Waals surface area contributed by atoms with E-state index in [1.807, 2.05) is 104 Å². The highest BCUT2D eigenvalue weighted by Crippen LogP contribution is 2.34. The van der Waals surface area contributed by atoms with Gasteiger partial charge in [-0.1, -0.05) is 133 Å². The van der Waals surface area contributed by atoms with E-state index in [2.05, 4.69) is 196 Å². The summed E-state index contributed by atoms with van der Waals surface area (Å²) in [5.41, 5.74) is 29.3. The zero-order chi connectivity index (χ0) is 71.7. The minimum absolute atomic E-state index is 0.360. The fraction of sp³-hybridized carbons (Fsp3) is 0.267. The first-order chi connectivity index (χ1) is 45.6. The van der Waals surface area contributed by atoms with Crippen LogP contribution in [0.15, 0.2) is 202 Å². The first kappa shape index (κ1) is 75.5. The first-order valence-electron chi connectivity index (χ1n) is 33.5. The number of ether oxygens (including phenoxy) is 1. The van der Waals surface area contributed by atoms with Crippen molar-refractivity contribution in [3.8, 4) is 11.5 Å². The zero-order valence-corrected chi connectivity index (χ0v) is 63.8. The fourth-order valence-corrected chi connectivity index (χ4v) is 15.1. The Bertz CT molecular complexity index is 4750. The van der Waals surface area contributed by atoms with Crippen LogP contribution in [0.25, 0.3) is 32.3 Å². The van der Waals surface area contributed by atoms with Gasteiger partial charge in [-0.05, 0) is 381 Å². The summed E-state index contributed by atoms with van der Waals surface area (Å²) in [7, 11) is -6.86. The van der Waals surface area contributed by atoms with Gasteiger partial charge in [0.2, 0.25) is 19.7 Å². The van der Waals surface area contributed by atoms with Crippen LogP contribution in [-0.2, 0) is 19.7 Å². The normalized spacial score (nSPS) is 11.1. The lowest BCUT2D eigenvalue weighted by Crippen LogP contribution is -2.07. The Morgan fingerprint density at radius 3 is 0.784 bits per heavy atom. The highest BCUT2D eigenvalue weighted by atomic mass is 32.2. The molecule has 0 aliphatic rings. The summed E-state index contributed by atoms with van der Waals surface area (Å²) in [6, 6.07) is 60.5. The summed E-state index contributed by atoms with van der Waals surface area (Å²) in [5.74, 6) is 1.89. The number of benzene rings is 12. The van der Waals surface area contributed by atoms with Gasteiger partial charge in [0.1, 0.15) is 11.5 Å².